The highest BCUT2D eigenvalue weighted by molar-refractivity contribution is 5.36. The fourth-order valence-electron chi connectivity index (χ4n) is 1.80. The molecule has 0 unspecified atom stereocenters. The number of anilines is 2. The van der Waals surface area contributed by atoms with Gasteiger partial charge in [-0.2, -0.15) is 24.7 Å². The van der Waals surface area contributed by atoms with Gasteiger partial charge in [-0.05, 0) is 13.8 Å². The molecule has 0 atom stereocenters. The molecule has 0 radical (unpaired) electrons. The molecule has 0 aliphatic heterocycles. The zero-order valence-electron chi connectivity index (χ0n) is 11.5. The Hall–Kier alpha value is -3.04. The van der Waals surface area contributed by atoms with Crippen molar-refractivity contribution >= 4 is 11.9 Å². The van der Waals surface area contributed by atoms with Gasteiger partial charge in [0.15, 0.2) is 0 Å². The Labute approximate surface area is 119 Å². The first kappa shape index (κ1) is 13.0. The summed E-state index contributed by atoms with van der Waals surface area (Å²) in [4.78, 5) is 16.1. The number of nitrogens with one attached hydrogen (secondary N) is 1. The minimum absolute atomic E-state index is 0.0942. The third-order valence-electron chi connectivity index (χ3n) is 2.87. The average molecular weight is 287 g/mol. The molecule has 0 aliphatic carbocycles. The van der Waals surface area contributed by atoms with Gasteiger partial charge in [-0.25, -0.2) is 4.98 Å². The molecule has 3 N–H and O–H groups in total. The van der Waals surface area contributed by atoms with Crippen LogP contribution < -0.4 is 11.1 Å². The SMILES string of the molecule is Cc1noc(C)c1CNc1nc(N)nc(-n2cncn2)n1. The van der Waals surface area contributed by atoms with Gasteiger partial charge in [0.25, 0.3) is 5.95 Å². The zero-order valence-corrected chi connectivity index (χ0v) is 11.5. The quantitative estimate of drug-likeness (QED) is 0.692. The largest absolute Gasteiger partial charge is 0.368 e. The Bertz CT molecular complexity index is 730. The molecule has 21 heavy (non-hydrogen) atoms. The monoisotopic (exact) mass is 287 g/mol. The van der Waals surface area contributed by atoms with Crippen molar-refractivity contribution in [2.24, 2.45) is 0 Å². The van der Waals surface area contributed by atoms with Crippen LogP contribution in [0.15, 0.2) is 17.2 Å². The Balaban J connectivity index is 1.83. The summed E-state index contributed by atoms with van der Waals surface area (Å²) in [5, 5.41) is 10.9. The highest BCUT2D eigenvalue weighted by Crippen LogP contribution is 2.14. The van der Waals surface area contributed by atoms with E-state index in [4.69, 9.17) is 10.3 Å². The van der Waals surface area contributed by atoms with Crippen molar-refractivity contribution in [1.29, 1.82) is 0 Å². The Morgan fingerprint density at radius 3 is 2.81 bits per heavy atom. The first-order chi connectivity index (χ1) is 10.1. The van der Waals surface area contributed by atoms with Crippen molar-refractivity contribution in [2.75, 3.05) is 11.1 Å². The molecule has 10 nitrogen and oxygen atoms in total. The van der Waals surface area contributed by atoms with E-state index in [2.05, 4.69) is 35.5 Å². The number of rotatable bonds is 4. The average Bonchev–Trinajstić information content (AvgIpc) is 3.08. The van der Waals surface area contributed by atoms with Gasteiger partial charge in [-0.15, -0.1) is 0 Å². The molecule has 0 aromatic carbocycles. The second kappa shape index (κ2) is 5.15. The molecule has 0 bridgehead atoms. The summed E-state index contributed by atoms with van der Waals surface area (Å²) in [5.74, 6) is 1.48. The molecule has 0 saturated heterocycles. The van der Waals surface area contributed by atoms with E-state index in [9.17, 15) is 0 Å². The van der Waals surface area contributed by atoms with E-state index in [1.165, 1.54) is 17.3 Å². The second-order valence-corrected chi connectivity index (χ2v) is 4.31. The molecule has 0 saturated carbocycles. The molecular weight excluding hydrogens is 274 g/mol. The van der Waals surface area contributed by atoms with Gasteiger partial charge in [-0.3, -0.25) is 0 Å². The second-order valence-electron chi connectivity index (χ2n) is 4.31. The first-order valence-corrected chi connectivity index (χ1v) is 6.15. The summed E-state index contributed by atoms with van der Waals surface area (Å²) in [5.41, 5.74) is 7.45. The third kappa shape index (κ3) is 2.63. The van der Waals surface area contributed by atoms with Gasteiger partial charge in [-0.1, -0.05) is 5.16 Å². The van der Waals surface area contributed by atoms with Gasteiger partial charge in [0.1, 0.15) is 18.4 Å². The van der Waals surface area contributed by atoms with Crippen molar-refractivity contribution in [3.05, 3.63) is 29.7 Å². The molecule has 10 heteroatoms. The maximum Gasteiger partial charge on any atom is 0.258 e. The number of nitrogen functional groups attached to an aromatic ring is 1. The van der Waals surface area contributed by atoms with Crippen molar-refractivity contribution in [2.45, 2.75) is 20.4 Å². The van der Waals surface area contributed by atoms with Crippen LogP contribution in [0.25, 0.3) is 5.95 Å². The van der Waals surface area contributed by atoms with E-state index in [1.54, 1.807) is 0 Å². The minimum atomic E-state index is 0.0942. The summed E-state index contributed by atoms with van der Waals surface area (Å²) in [7, 11) is 0. The van der Waals surface area contributed by atoms with Crippen LogP contribution in [0, 0.1) is 13.8 Å². The molecule has 0 spiro atoms. The molecule has 0 fully saturated rings. The van der Waals surface area contributed by atoms with Gasteiger partial charge >= 0.3 is 0 Å². The van der Waals surface area contributed by atoms with Gasteiger partial charge < -0.3 is 15.6 Å². The lowest BCUT2D eigenvalue weighted by molar-refractivity contribution is 0.392. The summed E-state index contributed by atoms with van der Waals surface area (Å²) in [6.45, 7) is 4.19. The molecule has 0 amide bonds. The van der Waals surface area contributed by atoms with E-state index in [-0.39, 0.29) is 5.95 Å². The van der Waals surface area contributed by atoms with Crippen LogP contribution in [0.4, 0.5) is 11.9 Å². The first-order valence-electron chi connectivity index (χ1n) is 6.15. The topological polar surface area (TPSA) is 133 Å². The molecule has 3 rings (SSSR count). The van der Waals surface area contributed by atoms with E-state index in [0.717, 1.165) is 17.0 Å². The standard InChI is InChI=1S/C11H13N9O/c1-6-8(7(2)21-19-6)3-14-10-16-9(12)17-11(18-10)20-5-13-4-15-20/h4-5H,3H2,1-2H3,(H3,12,14,16,17,18). The number of aryl methyl sites for hydroxylation is 2. The summed E-state index contributed by atoms with van der Waals surface area (Å²) in [6, 6.07) is 0. The molecule has 108 valence electrons. The fourth-order valence-corrected chi connectivity index (χ4v) is 1.80. The number of nitrogens with zero attached hydrogens (tertiary/aromatic N) is 7. The molecule has 0 aliphatic rings. The van der Waals surface area contributed by atoms with Crippen LogP contribution in [0.3, 0.4) is 0 Å². The Kier molecular flexibility index (Phi) is 3.18. The van der Waals surface area contributed by atoms with Crippen LogP contribution in [-0.4, -0.2) is 34.9 Å². The maximum absolute atomic E-state index is 5.68. The van der Waals surface area contributed by atoms with Crippen LogP contribution in [0.2, 0.25) is 0 Å². The van der Waals surface area contributed by atoms with Crippen LogP contribution >= 0.6 is 0 Å². The molecule has 3 heterocycles. The molecule has 3 aromatic rings. The lowest BCUT2D eigenvalue weighted by atomic mass is 10.2. The highest BCUT2D eigenvalue weighted by atomic mass is 16.5. The smallest absolute Gasteiger partial charge is 0.258 e. The Morgan fingerprint density at radius 1 is 1.29 bits per heavy atom. The van der Waals surface area contributed by atoms with Crippen molar-refractivity contribution in [3.8, 4) is 5.95 Å². The van der Waals surface area contributed by atoms with E-state index in [1.807, 2.05) is 13.8 Å². The van der Waals surface area contributed by atoms with Crippen LogP contribution in [0.5, 0.6) is 0 Å². The normalized spacial score (nSPS) is 10.8. The van der Waals surface area contributed by atoms with Crippen molar-refractivity contribution < 1.29 is 4.52 Å². The van der Waals surface area contributed by atoms with E-state index >= 15 is 0 Å². The zero-order chi connectivity index (χ0) is 14.8. The summed E-state index contributed by atoms with van der Waals surface area (Å²) < 4.78 is 6.50. The predicted molar refractivity (Wildman–Crippen MR) is 72.5 cm³/mol. The van der Waals surface area contributed by atoms with Gasteiger partial charge in [0.05, 0.1) is 5.69 Å². The highest BCUT2D eigenvalue weighted by Gasteiger charge is 2.11. The number of hydrogen-bond donors (Lipinski definition) is 2. The lowest BCUT2D eigenvalue weighted by Gasteiger charge is -2.06. The lowest BCUT2D eigenvalue weighted by Crippen LogP contribution is -2.11. The van der Waals surface area contributed by atoms with Crippen LogP contribution in [-0.2, 0) is 6.54 Å². The van der Waals surface area contributed by atoms with Crippen LogP contribution in [0.1, 0.15) is 17.0 Å². The summed E-state index contributed by atoms with van der Waals surface area (Å²) >= 11 is 0. The third-order valence-corrected chi connectivity index (χ3v) is 2.87. The maximum atomic E-state index is 5.68. The van der Waals surface area contributed by atoms with Gasteiger partial charge in [0, 0.05) is 12.1 Å². The minimum Gasteiger partial charge on any atom is -0.368 e. The van der Waals surface area contributed by atoms with E-state index < -0.39 is 0 Å². The van der Waals surface area contributed by atoms with Gasteiger partial charge in [0.2, 0.25) is 11.9 Å². The molecular formula is C11H13N9O. The number of aromatic nitrogens is 7. The van der Waals surface area contributed by atoms with Crippen molar-refractivity contribution in [1.82, 2.24) is 34.9 Å². The number of nitrogens with two attached hydrogens (primary N) is 1. The van der Waals surface area contributed by atoms with E-state index in [0.29, 0.717) is 18.4 Å². The number of hydrogen-bond acceptors (Lipinski definition) is 9. The summed E-state index contributed by atoms with van der Waals surface area (Å²) in [6.07, 6.45) is 2.86. The molecule has 3 aromatic heterocycles. The van der Waals surface area contributed by atoms with Crippen molar-refractivity contribution in [3.63, 3.8) is 0 Å². The predicted octanol–water partition coefficient (Wildman–Crippen LogP) is 0.251. The Morgan fingerprint density at radius 2 is 2.14 bits per heavy atom. The fraction of sp³-hybridized carbons (Fsp3) is 0.273.